The molecule has 0 radical (unpaired) electrons. The van der Waals surface area contributed by atoms with E-state index in [0.717, 1.165) is 5.56 Å². The molecule has 0 saturated carbocycles. The third kappa shape index (κ3) is 3.96. The van der Waals surface area contributed by atoms with Crippen LogP contribution in [-0.2, 0) is 4.74 Å². The molecule has 2 amide bonds. The number of ether oxygens (including phenoxy) is 1. The van der Waals surface area contributed by atoms with Crippen molar-refractivity contribution in [2.45, 2.75) is 13.8 Å². The average molecular weight is 280 g/mol. The van der Waals surface area contributed by atoms with Crippen molar-refractivity contribution in [3.05, 3.63) is 28.8 Å². The summed E-state index contributed by atoms with van der Waals surface area (Å²) in [7, 11) is 3.21. The Hall–Kier alpha value is -2.08. The van der Waals surface area contributed by atoms with Crippen LogP contribution < -0.4 is 5.32 Å². The number of aryl methyl sites for hydroxylation is 1. The molecule has 110 valence electrons. The van der Waals surface area contributed by atoms with Gasteiger partial charge in [0.1, 0.15) is 0 Å². The first-order valence-electron chi connectivity index (χ1n) is 6.22. The van der Waals surface area contributed by atoms with E-state index in [0.29, 0.717) is 24.4 Å². The molecule has 0 heterocycles. The van der Waals surface area contributed by atoms with E-state index in [2.05, 4.69) is 5.32 Å². The van der Waals surface area contributed by atoms with Crippen LogP contribution in [0.5, 0.6) is 0 Å². The number of carboxylic acid groups (broad SMARTS) is 1. The minimum Gasteiger partial charge on any atom is -0.478 e. The number of nitrogens with zero attached hydrogens (tertiary/aromatic N) is 1. The second-order valence-corrected chi connectivity index (χ2v) is 4.62. The SMILES string of the molecule is COCCN(C)C(=O)Nc1cc(C)c(C)c(C(=O)O)c1. The molecule has 6 nitrogen and oxygen atoms in total. The zero-order valence-electron chi connectivity index (χ0n) is 12.2. The zero-order valence-corrected chi connectivity index (χ0v) is 12.2. The lowest BCUT2D eigenvalue weighted by Gasteiger charge is -2.18. The van der Waals surface area contributed by atoms with Crippen LogP contribution in [0.25, 0.3) is 0 Å². The fraction of sp³-hybridized carbons (Fsp3) is 0.429. The summed E-state index contributed by atoms with van der Waals surface area (Å²) in [4.78, 5) is 24.5. The average Bonchev–Trinajstić information content (AvgIpc) is 2.39. The lowest BCUT2D eigenvalue weighted by atomic mass is 10.0. The molecule has 0 fully saturated rings. The van der Waals surface area contributed by atoms with Crippen LogP contribution in [0.3, 0.4) is 0 Å². The van der Waals surface area contributed by atoms with Gasteiger partial charge in [-0.1, -0.05) is 0 Å². The number of hydrogen-bond donors (Lipinski definition) is 2. The molecule has 0 aliphatic carbocycles. The number of amides is 2. The number of carboxylic acids is 1. The highest BCUT2D eigenvalue weighted by Gasteiger charge is 2.13. The number of carbonyl (C=O) groups excluding carboxylic acids is 1. The largest absolute Gasteiger partial charge is 0.478 e. The Balaban J connectivity index is 2.88. The van der Waals surface area contributed by atoms with Gasteiger partial charge in [-0.05, 0) is 37.1 Å². The Kier molecular flexibility index (Phi) is 5.52. The molecule has 0 aliphatic rings. The number of rotatable bonds is 5. The van der Waals surface area contributed by atoms with Gasteiger partial charge in [-0.3, -0.25) is 0 Å². The van der Waals surface area contributed by atoms with E-state index in [-0.39, 0.29) is 11.6 Å². The second kappa shape index (κ2) is 6.91. The lowest BCUT2D eigenvalue weighted by molar-refractivity contribution is 0.0696. The molecule has 0 saturated heterocycles. The van der Waals surface area contributed by atoms with Crippen molar-refractivity contribution in [1.29, 1.82) is 0 Å². The van der Waals surface area contributed by atoms with Crippen molar-refractivity contribution in [2.24, 2.45) is 0 Å². The van der Waals surface area contributed by atoms with Crippen LogP contribution in [0.1, 0.15) is 21.5 Å². The second-order valence-electron chi connectivity index (χ2n) is 4.62. The minimum absolute atomic E-state index is 0.194. The molecule has 20 heavy (non-hydrogen) atoms. The lowest BCUT2D eigenvalue weighted by Crippen LogP contribution is -2.33. The van der Waals surface area contributed by atoms with Crippen LogP contribution in [0, 0.1) is 13.8 Å². The van der Waals surface area contributed by atoms with Crippen molar-refractivity contribution >= 4 is 17.7 Å². The Labute approximate surface area is 118 Å². The normalized spacial score (nSPS) is 10.2. The smallest absolute Gasteiger partial charge is 0.336 e. The molecule has 0 bridgehead atoms. The van der Waals surface area contributed by atoms with Gasteiger partial charge in [-0.25, -0.2) is 9.59 Å². The summed E-state index contributed by atoms with van der Waals surface area (Å²) in [5.41, 5.74) is 2.18. The van der Waals surface area contributed by atoms with E-state index in [4.69, 9.17) is 9.84 Å². The molecule has 0 unspecified atom stereocenters. The first-order valence-corrected chi connectivity index (χ1v) is 6.22. The van der Waals surface area contributed by atoms with Gasteiger partial charge < -0.3 is 20.1 Å². The minimum atomic E-state index is -1.01. The van der Waals surface area contributed by atoms with E-state index in [9.17, 15) is 9.59 Å². The Bertz CT molecular complexity index is 514. The molecule has 0 atom stereocenters. The van der Waals surface area contributed by atoms with Crippen molar-refractivity contribution < 1.29 is 19.4 Å². The number of methoxy groups -OCH3 is 1. The van der Waals surface area contributed by atoms with Crippen molar-refractivity contribution in [3.63, 3.8) is 0 Å². The topological polar surface area (TPSA) is 78.9 Å². The molecule has 6 heteroatoms. The van der Waals surface area contributed by atoms with Gasteiger partial charge >= 0.3 is 12.0 Å². The monoisotopic (exact) mass is 280 g/mol. The van der Waals surface area contributed by atoms with Crippen LogP contribution in [0.15, 0.2) is 12.1 Å². The summed E-state index contributed by atoms with van der Waals surface area (Å²) < 4.78 is 4.90. The Morgan fingerprint density at radius 2 is 2.00 bits per heavy atom. The molecule has 2 N–H and O–H groups in total. The first-order chi connectivity index (χ1) is 9.36. The maximum Gasteiger partial charge on any atom is 0.336 e. The predicted molar refractivity (Wildman–Crippen MR) is 76.4 cm³/mol. The van der Waals surface area contributed by atoms with Gasteiger partial charge in [-0.2, -0.15) is 0 Å². The number of carbonyl (C=O) groups is 2. The number of anilines is 1. The number of hydrogen-bond acceptors (Lipinski definition) is 3. The molecule has 1 aromatic rings. The summed E-state index contributed by atoms with van der Waals surface area (Å²) >= 11 is 0. The maximum absolute atomic E-state index is 11.9. The van der Waals surface area contributed by atoms with Gasteiger partial charge in [0.25, 0.3) is 0 Å². The van der Waals surface area contributed by atoms with Crippen LogP contribution in [0.4, 0.5) is 10.5 Å². The molecule has 0 aromatic heterocycles. The van der Waals surface area contributed by atoms with E-state index >= 15 is 0 Å². The number of likely N-dealkylation sites (N-methyl/N-ethyl adjacent to an activating group) is 1. The van der Waals surface area contributed by atoms with Crippen molar-refractivity contribution in [3.8, 4) is 0 Å². The van der Waals surface area contributed by atoms with Gasteiger partial charge in [0.2, 0.25) is 0 Å². The fourth-order valence-electron chi connectivity index (χ4n) is 1.70. The molecular weight excluding hydrogens is 260 g/mol. The number of benzene rings is 1. The van der Waals surface area contributed by atoms with E-state index in [1.807, 2.05) is 6.92 Å². The summed E-state index contributed by atoms with van der Waals surface area (Å²) in [6.07, 6.45) is 0. The van der Waals surface area contributed by atoms with E-state index in [1.165, 1.54) is 11.0 Å². The summed E-state index contributed by atoms with van der Waals surface area (Å²) in [6, 6.07) is 2.91. The van der Waals surface area contributed by atoms with Gasteiger partial charge in [0, 0.05) is 26.4 Å². The molecule has 0 spiro atoms. The third-order valence-electron chi connectivity index (χ3n) is 3.13. The Morgan fingerprint density at radius 3 is 2.55 bits per heavy atom. The molecule has 1 aromatic carbocycles. The summed E-state index contributed by atoms with van der Waals surface area (Å²) in [5.74, 6) is -1.01. The Morgan fingerprint density at radius 1 is 1.35 bits per heavy atom. The number of nitrogens with one attached hydrogen (secondary N) is 1. The zero-order chi connectivity index (χ0) is 15.3. The van der Waals surface area contributed by atoms with Gasteiger partial charge in [0.05, 0.1) is 12.2 Å². The van der Waals surface area contributed by atoms with Crippen molar-refractivity contribution in [1.82, 2.24) is 4.90 Å². The van der Waals surface area contributed by atoms with E-state index in [1.54, 1.807) is 27.1 Å². The quantitative estimate of drug-likeness (QED) is 0.865. The fourth-order valence-corrected chi connectivity index (χ4v) is 1.70. The predicted octanol–water partition coefficient (Wildman–Crippen LogP) is 2.11. The molecular formula is C14H20N2O4. The first kappa shape index (κ1) is 16.0. The van der Waals surface area contributed by atoms with Gasteiger partial charge in [-0.15, -0.1) is 0 Å². The van der Waals surface area contributed by atoms with Crippen LogP contribution in [0.2, 0.25) is 0 Å². The van der Waals surface area contributed by atoms with Crippen LogP contribution >= 0.6 is 0 Å². The highest BCUT2D eigenvalue weighted by molar-refractivity contribution is 5.94. The third-order valence-corrected chi connectivity index (χ3v) is 3.13. The summed E-state index contributed by atoms with van der Waals surface area (Å²) in [5, 5.41) is 11.8. The number of aromatic carboxylic acids is 1. The molecule has 1 rings (SSSR count). The van der Waals surface area contributed by atoms with Crippen LogP contribution in [-0.4, -0.2) is 49.3 Å². The molecule has 0 aliphatic heterocycles. The highest BCUT2D eigenvalue weighted by atomic mass is 16.5. The van der Waals surface area contributed by atoms with E-state index < -0.39 is 5.97 Å². The maximum atomic E-state index is 11.9. The summed E-state index contributed by atoms with van der Waals surface area (Å²) in [6.45, 7) is 4.46. The number of urea groups is 1. The van der Waals surface area contributed by atoms with Crippen molar-refractivity contribution in [2.75, 3.05) is 32.6 Å². The highest BCUT2D eigenvalue weighted by Crippen LogP contribution is 2.20. The van der Waals surface area contributed by atoms with Gasteiger partial charge in [0.15, 0.2) is 0 Å². The standard InChI is InChI=1S/C14H20N2O4/c1-9-7-11(8-12(10(9)2)13(17)18)15-14(19)16(3)5-6-20-4/h7-8H,5-6H2,1-4H3,(H,15,19)(H,17,18).